The molecule has 0 radical (unpaired) electrons. The zero-order chi connectivity index (χ0) is 15.6. The summed E-state index contributed by atoms with van der Waals surface area (Å²) >= 11 is 5.90. The minimum atomic E-state index is -3.55. The first-order valence-corrected chi connectivity index (χ1v) is 8.89. The number of rotatable bonds is 4. The van der Waals surface area contributed by atoms with Crippen LogP contribution in [0.5, 0.6) is 0 Å². The second-order valence-electron chi connectivity index (χ2n) is 5.74. The molecule has 1 aromatic carbocycles. The SMILES string of the molecule is Cc1cc(Cl)c(N)cc1S(=O)(=O)NCC1CCN(C)CC1. The molecule has 0 unspecified atom stereocenters. The van der Waals surface area contributed by atoms with Crippen molar-refractivity contribution in [3.05, 3.63) is 22.7 Å². The third kappa shape index (κ3) is 4.10. The van der Waals surface area contributed by atoms with Crippen molar-refractivity contribution >= 4 is 27.3 Å². The fourth-order valence-corrected chi connectivity index (χ4v) is 4.12. The number of anilines is 1. The van der Waals surface area contributed by atoms with Gasteiger partial charge in [-0.15, -0.1) is 0 Å². The summed E-state index contributed by atoms with van der Waals surface area (Å²) in [5.74, 6) is 0.390. The number of halogens is 1. The van der Waals surface area contributed by atoms with Gasteiger partial charge in [-0.25, -0.2) is 13.1 Å². The van der Waals surface area contributed by atoms with E-state index in [-0.39, 0.29) is 10.6 Å². The molecular formula is C14H22ClN3O2S. The smallest absolute Gasteiger partial charge is 0.240 e. The summed E-state index contributed by atoms with van der Waals surface area (Å²) in [6, 6.07) is 3.01. The van der Waals surface area contributed by atoms with Crippen LogP contribution in [0.1, 0.15) is 18.4 Å². The van der Waals surface area contributed by atoms with Crippen LogP contribution in [0, 0.1) is 12.8 Å². The van der Waals surface area contributed by atoms with Gasteiger partial charge in [0.2, 0.25) is 10.0 Å². The number of benzene rings is 1. The van der Waals surface area contributed by atoms with E-state index in [4.69, 9.17) is 17.3 Å². The zero-order valence-electron chi connectivity index (χ0n) is 12.4. The molecule has 0 bridgehead atoms. The minimum Gasteiger partial charge on any atom is -0.397 e. The third-order valence-corrected chi connectivity index (χ3v) is 5.88. The largest absolute Gasteiger partial charge is 0.397 e. The standard InChI is InChI=1S/C14H22ClN3O2S/c1-10-7-12(15)13(16)8-14(10)21(19,20)17-9-11-3-5-18(2)6-4-11/h7-8,11,17H,3-6,9,16H2,1-2H3. The van der Waals surface area contributed by atoms with E-state index in [0.29, 0.717) is 23.0 Å². The lowest BCUT2D eigenvalue weighted by Crippen LogP contribution is -2.37. The maximum Gasteiger partial charge on any atom is 0.240 e. The molecule has 0 aliphatic carbocycles. The Labute approximate surface area is 131 Å². The third-order valence-electron chi connectivity index (χ3n) is 3.98. The van der Waals surface area contributed by atoms with Gasteiger partial charge in [0.15, 0.2) is 0 Å². The number of hydrogen-bond acceptors (Lipinski definition) is 4. The highest BCUT2D eigenvalue weighted by Crippen LogP contribution is 2.26. The second kappa shape index (κ2) is 6.52. The maximum absolute atomic E-state index is 12.4. The molecule has 118 valence electrons. The van der Waals surface area contributed by atoms with Gasteiger partial charge in [0, 0.05) is 6.54 Å². The molecular weight excluding hydrogens is 310 g/mol. The number of aryl methyl sites for hydroxylation is 1. The number of sulfonamides is 1. The van der Waals surface area contributed by atoms with E-state index in [9.17, 15) is 8.42 Å². The average Bonchev–Trinajstić information content (AvgIpc) is 2.42. The maximum atomic E-state index is 12.4. The second-order valence-corrected chi connectivity index (χ2v) is 7.88. The van der Waals surface area contributed by atoms with Crippen LogP contribution in [0.15, 0.2) is 17.0 Å². The number of likely N-dealkylation sites (tertiary alicyclic amines) is 1. The van der Waals surface area contributed by atoms with Crippen molar-refractivity contribution in [1.29, 1.82) is 0 Å². The van der Waals surface area contributed by atoms with Crippen molar-refractivity contribution in [2.75, 3.05) is 32.4 Å². The molecule has 2 rings (SSSR count). The van der Waals surface area contributed by atoms with Crippen LogP contribution in [0.2, 0.25) is 5.02 Å². The molecule has 0 atom stereocenters. The van der Waals surface area contributed by atoms with Gasteiger partial charge in [-0.3, -0.25) is 0 Å². The number of hydrogen-bond donors (Lipinski definition) is 2. The summed E-state index contributed by atoms with van der Waals surface area (Å²) in [5.41, 5.74) is 6.59. The van der Waals surface area contributed by atoms with Gasteiger partial charge in [0.05, 0.1) is 15.6 Å². The zero-order valence-corrected chi connectivity index (χ0v) is 14.0. The molecule has 0 amide bonds. The van der Waals surface area contributed by atoms with E-state index in [1.165, 1.54) is 6.07 Å². The van der Waals surface area contributed by atoms with Crippen molar-refractivity contribution < 1.29 is 8.42 Å². The molecule has 21 heavy (non-hydrogen) atoms. The van der Waals surface area contributed by atoms with E-state index in [0.717, 1.165) is 25.9 Å². The van der Waals surface area contributed by atoms with E-state index in [1.54, 1.807) is 13.0 Å². The van der Waals surface area contributed by atoms with Crippen molar-refractivity contribution in [2.24, 2.45) is 5.92 Å². The first kappa shape index (κ1) is 16.5. The topological polar surface area (TPSA) is 75.4 Å². The molecule has 1 aliphatic rings. The fourth-order valence-electron chi connectivity index (χ4n) is 2.53. The Morgan fingerprint density at radius 2 is 2.00 bits per heavy atom. The first-order valence-electron chi connectivity index (χ1n) is 7.03. The fraction of sp³-hybridized carbons (Fsp3) is 0.571. The highest BCUT2D eigenvalue weighted by molar-refractivity contribution is 7.89. The van der Waals surface area contributed by atoms with Crippen LogP contribution in [-0.4, -0.2) is 40.0 Å². The van der Waals surface area contributed by atoms with E-state index < -0.39 is 10.0 Å². The summed E-state index contributed by atoms with van der Waals surface area (Å²) in [4.78, 5) is 2.46. The summed E-state index contributed by atoms with van der Waals surface area (Å²) in [5, 5.41) is 0.377. The molecule has 0 aromatic heterocycles. The summed E-state index contributed by atoms with van der Waals surface area (Å²) in [7, 11) is -1.46. The number of piperidine rings is 1. The van der Waals surface area contributed by atoms with E-state index in [1.807, 2.05) is 0 Å². The molecule has 7 heteroatoms. The van der Waals surface area contributed by atoms with Crippen molar-refractivity contribution in [2.45, 2.75) is 24.7 Å². The van der Waals surface area contributed by atoms with Crippen LogP contribution in [0.4, 0.5) is 5.69 Å². The number of nitrogens with zero attached hydrogens (tertiary/aromatic N) is 1. The Kier molecular flexibility index (Phi) is 5.14. The van der Waals surface area contributed by atoms with Gasteiger partial charge < -0.3 is 10.6 Å². The van der Waals surface area contributed by atoms with Gasteiger partial charge >= 0.3 is 0 Å². The molecule has 1 fully saturated rings. The Balaban J connectivity index is 2.07. The van der Waals surface area contributed by atoms with Gasteiger partial charge in [0.1, 0.15) is 0 Å². The molecule has 1 aromatic rings. The molecule has 1 saturated heterocycles. The van der Waals surface area contributed by atoms with Gasteiger partial charge in [-0.05, 0) is 63.5 Å². The predicted octanol–water partition coefficient (Wildman–Crippen LogP) is 1.85. The Morgan fingerprint density at radius 1 is 1.38 bits per heavy atom. The lowest BCUT2D eigenvalue weighted by molar-refractivity contribution is 0.220. The monoisotopic (exact) mass is 331 g/mol. The normalized spacial score (nSPS) is 18.0. The van der Waals surface area contributed by atoms with Crippen molar-refractivity contribution in [3.63, 3.8) is 0 Å². The lowest BCUT2D eigenvalue weighted by Gasteiger charge is -2.28. The van der Waals surface area contributed by atoms with E-state index in [2.05, 4.69) is 16.7 Å². The lowest BCUT2D eigenvalue weighted by atomic mass is 9.98. The number of nitrogens with two attached hydrogens (primary N) is 1. The van der Waals surface area contributed by atoms with Crippen LogP contribution >= 0.6 is 11.6 Å². The van der Waals surface area contributed by atoms with Gasteiger partial charge in [-0.1, -0.05) is 11.6 Å². The minimum absolute atomic E-state index is 0.206. The Bertz CT molecular complexity index is 611. The number of nitrogens with one attached hydrogen (secondary N) is 1. The summed E-state index contributed by atoms with van der Waals surface area (Å²) < 4.78 is 27.5. The van der Waals surface area contributed by atoms with Crippen LogP contribution < -0.4 is 10.5 Å². The Hall–Kier alpha value is -0.820. The van der Waals surface area contributed by atoms with Gasteiger partial charge in [-0.2, -0.15) is 0 Å². The highest BCUT2D eigenvalue weighted by atomic mass is 35.5. The van der Waals surface area contributed by atoms with Crippen molar-refractivity contribution in [1.82, 2.24) is 9.62 Å². The molecule has 1 aliphatic heterocycles. The average molecular weight is 332 g/mol. The summed E-state index contributed by atoms with van der Waals surface area (Å²) in [6.45, 7) is 4.21. The highest BCUT2D eigenvalue weighted by Gasteiger charge is 2.22. The summed E-state index contributed by atoms with van der Waals surface area (Å²) in [6.07, 6.45) is 2.03. The van der Waals surface area contributed by atoms with Crippen LogP contribution in [-0.2, 0) is 10.0 Å². The Morgan fingerprint density at radius 3 is 2.62 bits per heavy atom. The van der Waals surface area contributed by atoms with Crippen LogP contribution in [0.3, 0.4) is 0 Å². The molecule has 1 heterocycles. The predicted molar refractivity (Wildman–Crippen MR) is 86.0 cm³/mol. The number of nitrogen functional groups attached to an aromatic ring is 1. The molecule has 0 saturated carbocycles. The first-order chi connectivity index (χ1) is 9.79. The van der Waals surface area contributed by atoms with Gasteiger partial charge in [0.25, 0.3) is 0 Å². The molecule has 3 N–H and O–H groups in total. The molecule has 0 spiro atoms. The molecule has 5 nitrogen and oxygen atoms in total. The quantitative estimate of drug-likeness (QED) is 0.826. The van der Waals surface area contributed by atoms with Crippen molar-refractivity contribution in [3.8, 4) is 0 Å². The van der Waals surface area contributed by atoms with E-state index >= 15 is 0 Å². The van der Waals surface area contributed by atoms with Crippen LogP contribution in [0.25, 0.3) is 0 Å².